The number of hydrogen-bond donors (Lipinski definition) is 0. The van der Waals surface area contributed by atoms with Crippen molar-refractivity contribution in [1.29, 1.82) is 0 Å². The lowest BCUT2D eigenvalue weighted by atomic mass is 10.1. The first-order chi connectivity index (χ1) is 14.9. The molecule has 0 amide bonds. The lowest BCUT2D eigenvalue weighted by molar-refractivity contribution is -0.123. The van der Waals surface area contributed by atoms with E-state index in [0.717, 1.165) is 33.4 Å². The van der Waals surface area contributed by atoms with Crippen LogP contribution in [0, 0.1) is 5.92 Å². The lowest BCUT2D eigenvalue weighted by Crippen LogP contribution is -2.19. The molecule has 160 valence electrons. The van der Waals surface area contributed by atoms with Crippen molar-refractivity contribution in [3.63, 3.8) is 0 Å². The summed E-state index contributed by atoms with van der Waals surface area (Å²) in [7, 11) is 0. The minimum atomic E-state index is -0.613. The van der Waals surface area contributed by atoms with Crippen molar-refractivity contribution >= 4 is 58.1 Å². The third-order valence-corrected chi connectivity index (χ3v) is 6.85. The predicted octanol–water partition coefficient (Wildman–Crippen LogP) is 7.50. The number of carbonyl (C=O) groups is 2. The number of hydrogen-bond acceptors (Lipinski definition) is 4. The molecule has 0 saturated carbocycles. The van der Waals surface area contributed by atoms with Gasteiger partial charge in [0.05, 0.1) is 5.92 Å². The van der Waals surface area contributed by atoms with Crippen LogP contribution in [0.25, 0.3) is 24.3 Å². The fourth-order valence-electron chi connectivity index (χ4n) is 3.07. The van der Waals surface area contributed by atoms with E-state index in [-0.39, 0.29) is 10.2 Å². The van der Waals surface area contributed by atoms with Crippen molar-refractivity contribution in [2.45, 2.75) is 24.9 Å². The summed E-state index contributed by atoms with van der Waals surface area (Å²) < 4.78 is 0. The number of carbonyl (C=O) groups excluding carboxylic acids is 2. The molecule has 0 unspecified atom stereocenters. The largest absolute Gasteiger partial charge is 0.286 e. The van der Waals surface area contributed by atoms with Crippen LogP contribution in [-0.2, 0) is 21.1 Å². The summed E-state index contributed by atoms with van der Waals surface area (Å²) in [6.45, 7) is 17.1. The zero-order valence-electron chi connectivity index (χ0n) is 17.9. The van der Waals surface area contributed by atoms with E-state index >= 15 is 0 Å². The van der Waals surface area contributed by atoms with Crippen molar-refractivity contribution in [2.75, 3.05) is 0 Å². The molecule has 0 aliphatic carbocycles. The van der Waals surface area contributed by atoms with Gasteiger partial charge in [0, 0.05) is 11.5 Å². The summed E-state index contributed by atoms with van der Waals surface area (Å²) in [5.74, 6) is 0.414. The van der Waals surface area contributed by atoms with Crippen molar-refractivity contribution in [3.8, 4) is 0 Å². The summed E-state index contributed by atoms with van der Waals surface area (Å²) in [5, 5.41) is -0.174. The van der Waals surface area contributed by atoms with Crippen LogP contribution >= 0.6 is 23.5 Å². The third-order valence-electron chi connectivity index (χ3n) is 4.76. The first-order valence-electron chi connectivity index (χ1n) is 10.0. The molecule has 0 spiro atoms. The van der Waals surface area contributed by atoms with Crippen molar-refractivity contribution in [1.82, 2.24) is 0 Å². The molecule has 0 bridgehead atoms. The van der Waals surface area contributed by atoms with Gasteiger partial charge in [-0.1, -0.05) is 105 Å². The molecule has 31 heavy (non-hydrogen) atoms. The second-order valence-electron chi connectivity index (χ2n) is 7.01. The Balaban J connectivity index is 2.01. The number of benzene rings is 2. The first-order valence-corrected chi connectivity index (χ1v) is 12.0. The summed E-state index contributed by atoms with van der Waals surface area (Å²) in [5.41, 5.74) is 5.97. The Hall–Kier alpha value is -2.56. The van der Waals surface area contributed by atoms with Gasteiger partial charge in [0.15, 0.2) is 0 Å². The average molecular weight is 449 g/mol. The number of rotatable bonds is 11. The van der Waals surface area contributed by atoms with Crippen LogP contribution in [0.4, 0.5) is 0 Å². The van der Waals surface area contributed by atoms with Crippen molar-refractivity contribution in [3.05, 3.63) is 96.1 Å². The monoisotopic (exact) mass is 448 g/mol. The highest BCUT2D eigenvalue weighted by Crippen LogP contribution is 2.27. The van der Waals surface area contributed by atoms with Crippen molar-refractivity contribution < 1.29 is 9.59 Å². The third kappa shape index (κ3) is 7.27. The molecular formula is C27H28O2S2. The minimum Gasteiger partial charge on any atom is -0.286 e. The molecule has 0 atom stereocenters. The smallest absolute Gasteiger partial charge is 0.200 e. The summed E-state index contributed by atoms with van der Waals surface area (Å²) in [6.07, 6.45) is 7.59. The van der Waals surface area contributed by atoms with E-state index in [9.17, 15) is 9.59 Å². The van der Waals surface area contributed by atoms with Gasteiger partial charge in [-0.25, -0.2) is 0 Å². The Morgan fingerprint density at radius 2 is 1.03 bits per heavy atom. The molecule has 0 saturated heterocycles. The van der Waals surface area contributed by atoms with Crippen LogP contribution in [0.3, 0.4) is 0 Å². The van der Waals surface area contributed by atoms with E-state index in [0.29, 0.717) is 17.9 Å². The quantitative estimate of drug-likeness (QED) is 0.333. The van der Waals surface area contributed by atoms with E-state index < -0.39 is 5.92 Å². The van der Waals surface area contributed by atoms with Crippen LogP contribution < -0.4 is 0 Å². The van der Waals surface area contributed by atoms with E-state index in [1.807, 2.05) is 43.3 Å². The molecule has 0 aliphatic rings. The Morgan fingerprint density at radius 1 is 0.710 bits per heavy atom. The van der Waals surface area contributed by atoms with Gasteiger partial charge >= 0.3 is 0 Å². The van der Waals surface area contributed by atoms with Crippen LogP contribution in [0.2, 0.25) is 0 Å². The zero-order valence-corrected chi connectivity index (χ0v) is 19.6. The van der Waals surface area contributed by atoms with Gasteiger partial charge in [0.25, 0.3) is 0 Å². The topological polar surface area (TPSA) is 34.1 Å². The standard InChI is InChI=1S/C27H28O2S2/c1-6-19-11-20(7-2)14-23(13-19)17-30-26(28)25(10-5)27(29)31-18-24-15-21(8-3)12-22(9-4)16-24/h6-9,11-16,25H,1-4,10,17-18H2,5H3. The average Bonchev–Trinajstić information content (AvgIpc) is 2.81. The van der Waals surface area contributed by atoms with Gasteiger partial charge < -0.3 is 0 Å². The molecule has 0 heterocycles. The maximum absolute atomic E-state index is 12.8. The Kier molecular flexibility index (Phi) is 9.83. The van der Waals surface area contributed by atoms with E-state index in [2.05, 4.69) is 26.3 Å². The van der Waals surface area contributed by atoms with E-state index in [4.69, 9.17) is 0 Å². The van der Waals surface area contributed by atoms with Crippen LogP contribution in [0.15, 0.2) is 62.7 Å². The number of thioether (sulfide) groups is 2. The molecule has 0 aliphatic heterocycles. The Labute approximate surface area is 194 Å². The fraction of sp³-hybridized carbons (Fsp3) is 0.185. The molecule has 2 aromatic rings. The highest BCUT2D eigenvalue weighted by atomic mass is 32.2. The van der Waals surface area contributed by atoms with Gasteiger partial charge in [-0.05, 0) is 51.9 Å². The van der Waals surface area contributed by atoms with E-state index in [1.165, 1.54) is 23.5 Å². The van der Waals surface area contributed by atoms with E-state index in [1.54, 1.807) is 24.3 Å². The predicted molar refractivity (Wildman–Crippen MR) is 140 cm³/mol. The second kappa shape index (κ2) is 12.3. The SMILES string of the molecule is C=Cc1cc(C=C)cc(CSC(=O)C(CC)C(=O)SCc2cc(C=C)cc(C=C)c2)c1. The minimum absolute atomic E-state index is 0.0872. The van der Waals surface area contributed by atoms with Gasteiger partial charge in [0.2, 0.25) is 10.2 Å². The molecule has 2 nitrogen and oxygen atoms in total. The molecule has 0 N–H and O–H groups in total. The molecule has 0 aromatic heterocycles. The molecule has 2 aromatic carbocycles. The summed E-state index contributed by atoms with van der Waals surface area (Å²) >= 11 is 2.39. The van der Waals surface area contributed by atoms with Crippen LogP contribution in [0.1, 0.15) is 46.7 Å². The first kappa shape index (κ1) is 24.7. The summed E-state index contributed by atoms with van der Waals surface area (Å²) in [6, 6.07) is 12.0. The van der Waals surface area contributed by atoms with Gasteiger partial charge in [-0.15, -0.1) is 0 Å². The highest BCUT2D eigenvalue weighted by Gasteiger charge is 2.25. The molecule has 4 heteroatoms. The van der Waals surface area contributed by atoms with Crippen LogP contribution in [0.5, 0.6) is 0 Å². The van der Waals surface area contributed by atoms with Crippen LogP contribution in [-0.4, -0.2) is 10.2 Å². The van der Waals surface area contributed by atoms with Crippen molar-refractivity contribution in [2.24, 2.45) is 5.92 Å². The molecule has 0 radical (unpaired) electrons. The van der Waals surface area contributed by atoms with Gasteiger partial charge in [-0.3, -0.25) is 9.59 Å². The fourth-order valence-corrected chi connectivity index (χ4v) is 5.04. The highest BCUT2D eigenvalue weighted by molar-refractivity contribution is 8.15. The summed E-state index contributed by atoms with van der Waals surface area (Å²) in [4.78, 5) is 25.5. The zero-order chi connectivity index (χ0) is 22.8. The molecular weight excluding hydrogens is 420 g/mol. The lowest BCUT2D eigenvalue weighted by Gasteiger charge is -2.13. The molecule has 2 rings (SSSR count). The normalized spacial score (nSPS) is 10.5. The van der Waals surface area contributed by atoms with Gasteiger partial charge in [-0.2, -0.15) is 0 Å². The Morgan fingerprint density at radius 3 is 1.29 bits per heavy atom. The maximum Gasteiger partial charge on any atom is 0.200 e. The van der Waals surface area contributed by atoms with Gasteiger partial charge in [0.1, 0.15) is 0 Å². The molecule has 0 fully saturated rings. The maximum atomic E-state index is 12.8. The second-order valence-corrected chi connectivity index (χ2v) is 8.97. The Bertz CT molecular complexity index is 872.